The molecular formula is C17H18N2O. The molecule has 1 amide bonds. The number of pyridine rings is 1. The molecule has 1 N–H and O–H groups in total. The maximum atomic E-state index is 11.9. The minimum atomic E-state index is -0.171. The number of nitrogens with zero attached hydrogens (tertiary/aromatic N) is 1. The van der Waals surface area contributed by atoms with Crippen LogP contribution in [-0.2, 0) is 16.6 Å². The topological polar surface area (TPSA) is 42.0 Å². The van der Waals surface area contributed by atoms with Crippen LogP contribution in [0.4, 0.5) is 0 Å². The molecule has 2 heterocycles. The minimum absolute atomic E-state index is 0.125. The van der Waals surface area contributed by atoms with Gasteiger partial charge in [-0.3, -0.25) is 9.78 Å². The predicted octanol–water partition coefficient (Wildman–Crippen LogP) is 2.47. The molecule has 0 bridgehead atoms. The second-order valence-corrected chi connectivity index (χ2v) is 5.64. The quantitative estimate of drug-likeness (QED) is 0.927. The standard InChI is InChI=1S/C17H18N2O/c1-17(14-7-9-18-10-8-14)12-16(20)19-15(17)11-13-5-3-2-4-6-13/h2-10,15H,11-12H2,1H3,(H,19,20). The fourth-order valence-electron chi connectivity index (χ4n) is 3.02. The largest absolute Gasteiger partial charge is 0.352 e. The summed E-state index contributed by atoms with van der Waals surface area (Å²) >= 11 is 0. The number of carbonyl (C=O) groups excluding carboxylic acids is 1. The highest BCUT2D eigenvalue weighted by atomic mass is 16.2. The smallest absolute Gasteiger partial charge is 0.221 e. The molecule has 1 aliphatic heterocycles. The molecule has 3 heteroatoms. The zero-order valence-corrected chi connectivity index (χ0v) is 11.5. The van der Waals surface area contributed by atoms with Gasteiger partial charge in [-0.1, -0.05) is 37.3 Å². The van der Waals surface area contributed by atoms with Crippen molar-refractivity contribution in [2.24, 2.45) is 0 Å². The van der Waals surface area contributed by atoms with E-state index in [1.54, 1.807) is 12.4 Å². The fraction of sp³-hybridized carbons (Fsp3) is 0.294. The molecule has 1 saturated heterocycles. The van der Waals surface area contributed by atoms with Crippen molar-refractivity contribution in [2.75, 3.05) is 0 Å². The van der Waals surface area contributed by atoms with Crippen LogP contribution < -0.4 is 5.32 Å². The Kier molecular flexibility index (Phi) is 3.26. The monoisotopic (exact) mass is 266 g/mol. The average Bonchev–Trinajstić information content (AvgIpc) is 2.76. The number of hydrogen-bond donors (Lipinski definition) is 1. The Morgan fingerprint density at radius 1 is 1.20 bits per heavy atom. The Hall–Kier alpha value is -2.16. The molecule has 1 fully saturated rings. The van der Waals surface area contributed by atoms with Gasteiger partial charge in [-0.25, -0.2) is 0 Å². The van der Waals surface area contributed by atoms with Crippen LogP contribution in [-0.4, -0.2) is 16.9 Å². The van der Waals surface area contributed by atoms with Crippen LogP contribution in [0, 0.1) is 0 Å². The Morgan fingerprint density at radius 2 is 1.90 bits per heavy atom. The van der Waals surface area contributed by atoms with E-state index in [1.807, 2.05) is 30.3 Å². The van der Waals surface area contributed by atoms with E-state index in [-0.39, 0.29) is 17.4 Å². The summed E-state index contributed by atoms with van der Waals surface area (Å²) in [4.78, 5) is 16.0. The third-order valence-electron chi connectivity index (χ3n) is 4.25. The number of nitrogens with one attached hydrogen (secondary N) is 1. The second kappa shape index (κ2) is 5.08. The van der Waals surface area contributed by atoms with Crippen LogP contribution >= 0.6 is 0 Å². The van der Waals surface area contributed by atoms with Gasteiger partial charge in [0.25, 0.3) is 0 Å². The van der Waals surface area contributed by atoms with E-state index < -0.39 is 0 Å². The van der Waals surface area contributed by atoms with E-state index in [0.29, 0.717) is 6.42 Å². The van der Waals surface area contributed by atoms with E-state index in [0.717, 1.165) is 6.42 Å². The van der Waals surface area contributed by atoms with E-state index in [2.05, 4.69) is 29.4 Å². The Balaban J connectivity index is 1.91. The molecule has 0 saturated carbocycles. The van der Waals surface area contributed by atoms with Crippen LogP contribution in [0.1, 0.15) is 24.5 Å². The zero-order valence-electron chi connectivity index (χ0n) is 11.5. The summed E-state index contributed by atoms with van der Waals surface area (Å²) in [6.45, 7) is 2.16. The van der Waals surface area contributed by atoms with Crippen molar-refractivity contribution in [1.82, 2.24) is 10.3 Å². The first kappa shape index (κ1) is 12.9. The van der Waals surface area contributed by atoms with Crippen LogP contribution in [0.5, 0.6) is 0 Å². The number of benzene rings is 1. The molecule has 0 aliphatic carbocycles. The third-order valence-corrected chi connectivity index (χ3v) is 4.25. The molecule has 2 aromatic rings. The highest BCUT2D eigenvalue weighted by molar-refractivity contribution is 5.81. The Bertz CT molecular complexity index is 597. The molecular weight excluding hydrogens is 248 g/mol. The summed E-state index contributed by atoms with van der Waals surface area (Å²) in [6, 6.07) is 14.5. The van der Waals surface area contributed by atoms with E-state index >= 15 is 0 Å². The number of aromatic nitrogens is 1. The molecule has 1 aliphatic rings. The number of rotatable bonds is 3. The lowest BCUT2D eigenvalue weighted by Gasteiger charge is -2.30. The summed E-state index contributed by atoms with van der Waals surface area (Å²) < 4.78 is 0. The van der Waals surface area contributed by atoms with Crippen molar-refractivity contribution < 1.29 is 4.79 Å². The van der Waals surface area contributed by atoms with Gasteiger partial charge in [0.1, 0.15) is 0 Å². The summed E-state index contributed by atoms with van der Waals surface area (Å²) in [5.41, 5.74) is 2.25. The SMILES string of the molecule is CC1(c2ccncc2)CC(=O)NC1Cc1ccccc1. The normalized spacial score (nSPS) is 25.4. The third kappa shape index (κ3) is 2.31. The van der Waals surface area contributed by atoms with Gasteiger partial charge in [0.2, 0.25) is 5.91 Å². The summed E-state index contributed by atoms with van der Waals surface area (Å²) in [5, 5.41) is 3.13. The lowest BCUT2D eigenvalue weighted by Crippen LogP contribution is -2.40. The van der Waals surface area contributed by atoms with Crippen molar-refractivity contribution in [3.05, 3.63) is 66.0 Å². The van der Waals surface area contributed by atoms with E-state index in [1.165, 1.54) is 11.1 Å². The Labute approximate surface area is 119 Å². The van der Waals surface area contributed by atoms with E-state index in [9.17, 15) is 4.79 Å². The molecule has 3 rings (SSSR count). The number of hydrogen-bond acceptors (Lipinski definition) is 2. The van der Waals surface area contributed by atoms with Crippen molar-refractivity contribution in [3.8, 4) is 0 Å². The van der Waals surface area contributed by atoms with Crippen LogP contribution in [0.2, 0.25) is 0 Å². The Morgan fingerprint density at radius 3 is 2.60 bits per heavy atom. The van der Waals surface area contributed by atoms with Crippen LogP contribution in [0.25, 0.3) is 0 Å². The van der Waals surface area contributed by atoms with Crippen LogP contribution in [0.15, 0.2) is 54.9 Å². The number of carbonyl (C=O) groups is 1. The lowest BCUT2D eigenvalue weighted by atomic mass is 9.74. The van der Waals surface area contributed by atoms with Gasteiger partial charge in [0.15, 0.2) is 0 Å². The van der Waals surface area contributed by atoms with Gasteiger partial charge >= 0.3 is 0 Å². The lowest BCUT2D eigenvalue weighted by molar-refractivity contribution is -0.119. The van der Waals surface area contributed by atoms with Gasteiger partial charge in [0, 0.05) is 30.3 Å². The van der Waals surface area contributed by atoms with Crippen molar-refractivity contribution >= 4 is 5.91 Å². The van der Waals surface area contributed by atoms with Crippen LogP contribution in [0.3, 0.4) is 0 Å². The zero-order chi connectivity index (χ0) is 14.0. The average molecular weight is 266 g/mol. The fourth-order valence-corrected chi connectivity index (χ4v) is 3.02. The van der Waals surface area contributed by atoms with Gasteiger partial charge in [-0.2, -0.15) is 0 Å². The van der Waals surface area contributed by atoms with Gasteiger partial charge in [0.05, 0.1) is 0 Å². The molecule has 0 spiro atoms. The summed E-state index contributed by atoms with van der Waals surface area (Å²) in [6.07, 6.45) is 4.98. The van der Waals surface area contributed by atoms with Crippen molar-refractivity contribution in [2.45, 2.75) is 31.2 Å². The summed E-state index contributed by atoms with van der Waals surface area (Å²) in [5.74, 6) is 0.130. The van der Waals surface area contributed by atoms with Crippen molar-refractivity contribution in [3.63, 3.8) is 0 Å². The molecule has 0 radical (unpaired) electrons. The molecule has 3 nitrogen and oxygen atoms in total. The maximum absolute atomic E-state index is 11.9. The first-order valence-electron chi connectivity index (χ1n) is 6.92. The minimum Gasteiger partial charge on any atom is -0.352 e. The molecule has 1 aromatic carbocycles. The van der Waals surface area contributed by atoms with E-state index in [4.69, 9.17) is 0 Å². The highest BCUT2D eigenvalue weighted by Gasteiger charge is 2.44. The molecule has 102 valence electrons. The van der Waals surface area contributed by atoms with Gasteiger partial charge < -0.3 is 5.32 Å². The second-order valence-electron chi connectivity index (χ2n) is 5.64. The molecule has 2 atom stereocenters. The highest BCUT2D eigenvalue weighted by Crippen LogP contribution is 2.36. The first-order valence-corrected chi connectivity index (χ1v) is 6.92. The van der Waals surface area contributed by atoms with Gasteiger partial charge in [-0.15, -0.1) is 0 Å². The first-order chi connectivity index (χ1) is 9.68. The predicted molar refractivity (Wildman–Crippen MR) is 78.3 cm³/mol. The summed E-state index contributed by atoms with van der Waals surface area (Å²) in [7, 11) is 0. The maximum Gasteiger partial charge on any atom is 0.221 e. The molecule has 20 heavy (non-hydrogen) atoms. The molecule has 2 unspecified atom stereocenters. The van der Waals surface area contributed by atoms with Crippen molar-refractivity contribution in [1.29, 1.82) is 0 Å². The molecule has 1 aromatic heterocycles. The van der Waals surface area contributed by atoms with Gasteiger partial charge in [-0.05, 0) is 29.7 Å². The number of amides is 1.